The second kappa shape index (κ2) is 22.8. The van der Waals surface area contributed by atoms with Crippen molar-refractivity contribution in [1.29, 1.82) is 10.5 Å². The molecule has 0 saturated heterocycles. The van der Waals surface area contributed by atoms with Gasteiger partial charge in [0.05, 0.1) is 60.0 Å². The summed E-state index contributed by atoms with van der Waals surface area (Å²) in [5, 5.41) is 20.3. The van der Waals surface area contributed by atoms with Crippen LogP contribution in [0.5, 0.6) is 23.0 Å². The second-order valence-electron chi connectivity index (χ2n) is 13.1. The van der Waals surface area contributed by atoms with Crippen LogP contribution >= 0.6 is 47.0 Å². The molecule has 0 aliphatic carbocycles. The molecule has 3 aromatic rings. The predicted octanol–water partition coefficient (Wildman–Crippen LogP) is 13.7. The van der Waals surface area contributed by atoms with Crippen molar-refractivity contribution in [3.63, 3.8) is 0 Å². The Kier molecular flexibility index (Phi) is 17.4. The molecule has 0 radical (unpaired) electrons. The fourth-order valence-corrected chi connectivity index (χ4v) is 11.2. The zero-order valence-electron chi connectivity index (χ0n) is 32.4. The maximum Gasteiger partial charge on any atom is 0.350 e. The van der Waals surface area contributed by atoms with Crippen molar-refractivity contribution < 1.29 is 28.5 Å². The van der Waals surface area contributed by atoms with Crippen LogP contribution in [0.4, 0.5) is 5.69 Å². The van der Waals surface area contributed by atoms with Crippen molar-refractivity contribution in [3.8, 4) is 35.1 Å². The third-order valence-electron chi connectivity index (χ3n) is 8.91. The maximum absolute atomic E-state index is 13.4. The highest BCUT2D eigenvalue weighted by Crippen LogP contribution is 2.69. The molecule has 298 valence electrons. The summed E-state index contributed by atoms with van der Waals surface area (Å²) in [6, 6.07) is 17.7. The van der Waals surface area contributed by atoms with Gasteiger partial charge in [0.1, 0.15) is 23.6 Å². The van der Waals surface area contributed by atoms with Crippen LogP contribution in [0, 0.1) is 35.8 Å². The van der Waals surface area contributed by atoms with Gasteiger partial charge in [-0.3, -0.25) is 4.79 Å². The SMILES string of the molecule is [C-]#[N+]/C(C(=O)OCCCCCCCC)=C1/Sc2c(Oc3ccccc3C#N)c3c(c(Oc4ccccc4[N+]#[C-])c2S1)S/C(=C(/C#N)C(=O)OCCCCCCCC)S3. The Morgan fingerprint density at radius 3 is 1.66 bits per heavy atom. The molecule has 58 heavy (non-hydrogen) atoms. The number of nitrogens with zero attached hydrogens (tertiary/aromatic N) is 4. The van der Waals surface area contributed by atoms with E-state index in [0.717, 1.165) is 111 Å². The third-order valence-corrected chi connectivity index (χ3v) is 14.1. The lowest BCUT2D eigenvalue weighted by Crippen LogP contribution is -2.09. The Balaban J connectivity index is 1.57. The van der Waals surface area contributed by atoms with Gasteiger partial charge in [0, 0.05) is 0 Å². The van der Waals surface area contributed by atoms with Crippen molar-refractivity contribution in [2.24, 2.45) is 0 Å². The van der Waals surface area contributed by atoms with Crippen molar-refractivity contribution in [3.05, 3.63) is 96.7 Å². The molecule has 0 spiro atoms. The fraction of sp³-hybridized carbons (Fsp3) is 0.364. The first-order valence-corrected chi connectivity index (χ1v) is 22.5. The van der Waals surface area contributed by atoms with E-state index in [1.165, 1.54) is 0 Å². The van der Waals surface area contributed by atoms with Crippen LogP contribution in [0.15, 0.2) is 87.9 Å². The van der Waals surface area contributed by atoms with E-state index in [1.807, 2.05) is 0 Å². The quantitative estimate of drug-likeness (QED) is 0.0353. The van der Waals surface area contributed by atoms with Gasteiger partial charge >= 0.3 is 11.9 Å². The van der Waals surface area contributed by atoms with Crippen molar-refractivity contribution in [2.75, 3.05) is 13.2 Å². The van der Waals surface area contributed by atoms with Crippen LogP contribution in [0.2, 0.25) is 0 Å². The number of carbonyl (C=O) groups is 2. The van der Waals surface area contributed by atoms with Crippen LogP contribution in [0.3, 0.4) is 0 Å². The topological polar surface area (TPSA) is 127 Å². The van der Waals surface area contributed by atoms with Gasteiger partial charge < -0.3 is 18.9 Å². The Hall–Kier alpha value is -4.96. The standard InChI is InChI=1S/C44H42N4O6S4/c1-5-7-9-11-13-19-25-51-41(49)30(28-46)43-55-37-35(53-32-23-17-15-21-29(32)27-45)39-40(36(38(37)56-43)54-33-24-18-16-22-31(33)47-3)58-44(57-39)34(48-4)42(50)52-26-20-14-12-10-8-6-2/h15-18,21-24H,5-14,19-20,25-26H2,1-2H3/b43-30-,44-34-. The summed E-state index contributed by atoms with van der Waals surface area (Å²) in [4.78, 5) is 36.0. The van der Waals surface area contributed by atoms with Crippen LogP contribution < -0.4 is 9.47 Å². The highest BCUT2D eigenvalue weighted by atomic mass is 32.2. The lowest BCUT2D eigenvalue weighted by molar-refractivity contribution is -0.139. The third kappa shape index (κ3) is 11.2. The van der Waals surface area contributed by atoms with E-state index < -0.39 is 11.9 Å². The van der Waals surface area contributed by atoms with E-state index in [0.29, 0.717) is 52.4 Å². The Labute approximate surface area is 357 Å². The molecule has 0 atom stereocenters. The van der Waals surface area contributed by atoms with Crippen molar-refractivity contribution in [2.45, 2.75) is 110 Å². The first-order chi connectivity index (χ1) is 28.4. The highest BCUT2D eigenvalue weighted by Gasteiger charge is 2.40. The molecule has 0 amide bonds. The molecule has 14 heteroatoms. The van der Waals surface area contributed by atoms with E-state index in [9.17, 15) is 20.1 Å². The average Bonchev–Trinajstić information content (AvgIpc) is 3.88. The van der Waals surface area contributed by atoms with Gasteiger partial charge in [-0.25, -0.2) is 14.5 Å². The molecule has 10 nitrogen and oxygen atoms in total. The molecule has 2 aliphatic rings. The number of nitriles is 2. The van der Waals surface area contributed by atoms with Crippen molar-refractivity contribution in [1.82, 2.24) is 0 Å². The van der Waals surface area contributed by atoms with Gasteiger partial charge in [0.25, 0.3) is 5.70 Å². The minimum atomic E-state index is -0.736. The van der Waals surface area contributed by atoms with E-state index in [4.69, 9.17) is 32.1 Å². The molecule has 2 aliphatic heterocycles. The van der Waals surface area contributed by atoms with Crippen molar-refractivity contribution >= 4 is 64.7 Å². The molecular formula is C44H42N4O6S4. The van der Waals surface area contributed by atoms with Gasteiger partial charge in [0.15, 0.2) is 17.1 Å². The van der Waals surface area contributed by atoms with Gasteiger partial charge in [-0.05, 0) is 31.0 Å². The molecule has 0 unspecified atom stereocenters. The summed E-state index contributed by atoms with van der Waals surface area (Å²) in [5.41, 5.74) is 0.166. The summed E-state index contributed by atoms with van der Waals surface area (Å²) in [5.74, 6) is -0.358. The molecule has 0 bridgehead atoms. The summed E-state index contributed by atoms with van der Waals surface area (Å²) in [6.07, 6.45) is 12.2. The number of esters is 2. The van der Waals surface area contributed by atoms with Gasteiger partial charge in [-0.1, -0.05) is 155 Å². The minimum absolute atomic E-state index is 0.169. The number of fused-ring (bicyclic) bond motifs is 2. The number of hydrogen-bond donors (Lipinski definition) is 0. The summed E-state index contributed by atoms with van der Waals surface area (Å²) in [6.45, 7) is 20.5. The molecule has 2 heterocycles. The summed E-state index contributed by atoms with van der Waals surface area (Å²) in [7, 11) is 0. The van der Waals surface area contributed by atoms with Gasteiger partial charge in [0.2, 0.25) is 5.69 Å². The van der Waals surface area contributed by atoms with Gasteiger partial charge in [-0.2, -0.15) is 10.5 Å². The summed E-state index contributed by atoms with van der Waals surface area (Å²) < 4.78 is 25.0. The molecule has 0 saturated carbocycles. The largest absolute Gasteiger partial charge is 0.471 e. The molecule has 0 N–H and O–H groups in total. The maximum atomic E-state index is 13.4. The smallest absolute Gasteiger partial charge is 0.350 e. The number of rotatable bonds is 20. The zero-order chi connectivity index (χ0) is 41.3. The number of benzene rings is 3. The van der Waals surface area contributed by atoms with E-state index in [1.54, 1.807) is 48.5 Å². The van der Waals surface area contributed by atoms with Crippen LogP contribution in [-0.4, -0.2) is 25.2 Å². The monoisotopic (exact) mass is 850 g/mol. The number of thioether (sulfide) groups is 4. The minimum Gasteiger partial charge on any atom is -0.471 e. The van der Waals surface area contributed by atoms with Crippen LogP contribution in [-0.2, 0) is 19.1 Å². The second-order valence-corrected chi connectivity index (χ2v) is 17.7. The normalized spacial score (nSPS) is 14.2. The van der Waals surface area contributed by atoms with E-state index in [-0.39, 0.29) is 47.2 Å². The Bertz CT molecular complexity index is 2050. The lowest BCUT2D eigenvalue weighted by Gasteiger charge is -2.18. The summed E-state index contributed by atoms with van der Waals surface area (Å²) >= 11 is 4.54. The first-order valence-electron chi connectivity index (χ1n) is 19.3. The average molecular weight is 851 g/mol. The number of hydrogen-bond acceptors (Lipinski definition) is 12. The van der Waals surface area contributed by atoms with Gasteiger partial charge in [-0.15, -0.1) is 0 Å². The number of para-hydroxylation sites is 3. The number of ether oxygens (including phenoxy) is 4. The first kappa shape index (κ1) is 44.1. The highest BCUT2D eigenvalue weighted by molar-refractivity contribution is 8.26. The molecule has 0 aromatic heterocycles. The fourth-order valence-electron chi connectivity index (χ4n) is 5.87. The van der Waals surface area contributed by atoms with E-state index >= 15 is 0 Å². The molecule has 0 fully saturated rings. The number of unbranched alkanes of at least 4 members (excludes halogenated alkanes) is 10. The molecule has 3 aromatic carbocycles. The zero-order valence-corrected chi connectivity index (χ0v) is 35.7. The Morgan fingerprint density at radius 1 is 0.638 bits per heavy atom. The van der Waals surface area contributed by atoms with E-state index in [2.05, 4.69) is 35.7 Å². The van der Waals surface area contributed by atoms with Crippen LogP contribution in [0.25, 0.3) is 9.69 Å². The van der Waals surface area contributed by atoms with Crippen LogP contribution in [0.1, 0.15) is 96.5 Å². The number of carbonyl (C=O) groups excluding carboxylic acids is 2. The Morgan fingerprint density at radius 2 is 1.12 bits per heavy atom. The lowest BCUT2D eigenvalue weighted by atomic mass is 10.1. The predicted molar refractivity (Wildman–Crippen MR) is 229 cm³/mol. The molecule has 5 rings (SSSR count). The molecular weight excluding hydrogens is 809 g/mol.